The molecule has 4 nitrogen and oxygen atoms in total. The molecule has 2 aromatic carbocycles. The molecule has 3 aromatic rings. The summed E-state index contributed by atoms with van der Waals surface area (Å²) >= 11 is 0. The van der Waals surface area contributed by atoms with E-state index in [4.69, 9.17) is 9.47 Å². The van der Waals surface area contributed by atoms with Gasteiger partial charge in [-0.1, -0.05) is 48.0 Å². The predicted octanol–water partition coefficient (Wildman–Crippen LogP) is 5.25. The SMILES string of the molecule is COC(=O)c1ccc(-c2ccccc2)nc1Oc1c(C)cc(C)cc1C. The number of carbonyl (C=O) groups is 1. The predicted molar refractivity (Wildman–Crippen MR) is 102 cm³/mol. The van der Waals surface area contributed by atoms with E-state index in [9.17, 15) is 4.79 Å². The molecule has 0 saturated carbocycles. The molecule has 0 N–H and O–H groups in total. The van der Waals surface area contributed by atoms with Crippen molar-refractivity contribution >= 4 is 5.97 Å². The lowest BCUT2D eigenvalue weighted by Crippen LogP contribution is -2.06. The molecule has 26 heavy (non-hydrogen) atoms. The van der Waals surface area contributed by atoms with Crippen LogP contribution in [-0.2, 0) is 4.74 Å². The van der Waals surface area contributed by atoms with Crippen LogP contribution in [0, 0.1) is 20.8 Å². The molecule has 1 heterocycles. The van der Waals surface area contributed by atoms with Crippen LogP contribution in [0.1, 0.15) is 27.0 Å². The normalized spacial score (nSPS) is 10.5. The molecule has 0 atom stereocenters. The number of benzene rings is 2. The summed E-state index contributed by atoms with van der Waals surface area (Å²) < 4.78 is 11.0. The van der Waals surface area contributed by atoms with Crippen molar-refractivity contribution in [1.82, 2.24) is 4.98 Å². The number of aromatic nitrogens is 1. The zero-order valence-electron chi connectivity index (χ0n) is 15.4. The highest BCUT2D eigenvalue weighted by Gasteiger charge is 2.18. The van der Waals surface area contributed by atoms with E-state index in [2.05, 4.69) is 4.98 Å². The van der Waals surface area contributed by atoms with Gasteiger partial charge in [-0.05, 0) is 44.0 Å². The second-order valence-electron chi connectivity index (χ2n) is 6.24. The molecule has 132 valence electrons. The average Bonchev–Trinajstić information content (AvgIpc) is 2.64. The fourth-order valence-corrected chi connectivity index (χ4v) is 2.98. The Morgan fingerprint density at radius 1 is 0.923 bits per heavy atom. The zero-order valence-corrected chi connectivity index (χ0v) is 15.4. The van der Waals surface area contributed by atoms with E-state index in [1.54, 1.807) is 12.1 Å². The van der Waals surface area contributed by atoms with E-state index >= 15 is 0 Å². The minimum absolute atomic E-state index is 0.244. The molecule has 0 radical (unpaired) electrons. The van der Waals surface area contributed by atoms with Crippen LogP contribution in [0.15, 0.2) is 54.6 Å². The van der Waals surface area contributed by atoms with Gasteiger partial charge in [0.1, 0.15) is 11.3 Å². The maximum atomic E-state index is 12.2. The van der Waals surface area contributed by atoms with Crippen LogP contribution in [0.4, 0.5) is 0 Å². The Balaban J connectivity index is 2.10. The van der Waals surface area contributed by atoms with E-state index in [1.807, 2.05) is 63.2 Å². The van der Waals surface area contributed by atoms with Gasteiger partial charge in [-0.25, -0.2) is 9.78 Å². The van der Waals surface area contributed by atoms with Gasteiger partial charge in [0, 0.05) is 5.56 Å². The first kappa shape index (κ1) is 17.7. The van der Waals surface area contributed by atoms with Gasteiger partial charge in [-0.15, -0.1) is 0 Å². The zero-order chi connectivity index (χ0) is 18.7. The summed E-state index contributed by atoms with van der Waals surface area (Å²) in [5.74, 6) is 0.473. The Kier molecular flexibility index (Phi) is 5.03. The standard InChI is InChI=1S/C22H21NO3/c1-14-12-15(2)20(16(3)13-14)26-21-18(22(24)25-4)10-11-19(23-21)17-8-6-5-7-9-17/h5-13H,1-4H3. The molecular formula is C22H21NO3. The monoisotopic (exact) mass is 347 g/mol. The van der Waals surface area contributed by atoms with Crippen molar-refractivity contribution in [3.8, 4) is 22.9 Å². The van der Waals surface area contributed by atoms with Gasteiger partial charge in [-0.3, -0.25) is 0 Å². The third kappa shape index (κ3) is 3.59. The van der Waals surface area contributed by atoms with Crippen molar-refractivity contribution in [3.05, 3.63) is 76.9 Å². The maximum absolute atomic E-state index is 12.2. The fraction of sp³-hybridized carbons (Fsp3) is 0.182. The fourth-order valence-electron chi connectivity index (χ4n) is 2.98. The maximum Gasteiger partial charge on any atom is 0.343 e. The first-order chi connectivity index (χ1) is 12.5. The van der Waals surface area contributed by atoms with Gasteiger partial charge >= 0.3 is 5.97 Å². The van der Waals surface area contributed by atoms with Gasteiger partial charge in [0.05, 0.1) is 12.8 Å². The summed E-state index contributed by atoms with van der Waals surface area (Å²) in [6.07, 6.45) is 0. The summed E-state index contributed by atoms with van der Waals surface area (Å²) in [5.41, 5.74) is 5.12. The van der Waals surface area contributed by atoms with Crippen molar-refractivity contribution in [1.29, 1.82) is 0 Å². The summed E-state index contributed by atoms with van der Waals surface area (Å²) in [6, 6.07) is 17.3. The molecule has 4 heteroatoms. The van der Waals surface area contributed by atoms with Crippen molar-refractivity contribution in [2.24, 2.45) is 0 Å². The van der Waals surface area contributed by atoms with E-state index in [0.717, 1.165) is 27.9 Å². The first-order valence-electron chi connectivity index (χ1n) is 8.40. The Morgan fingerprint density at radius 3 is 2.19 bits per heavy atom. The molecule has 0 aliphatic carbocycles. The number of rotatable bonds is 4. The third-order valence-corrected chi connectivity index (χ3v) is 4.14. The largest absolute Gasteiger partial charge is 0.465 e. The Hall–Kier alpha value is -3.14. The molecule has 0 unspecified atom stereocenters. The molecule has 0 bridgehead atoms. The van der Waals surface area contributed by atoms with E-state index in [1.165, 1.54) is 7.11 Å². The highest BCUT2D eigenvalue weighted by molar-refractivity contribution is 5.92. The molecule has 1 aromatic heterocycles. The Bertz CT molecular complexity index is 926. The number of hydrogen-bond acceptors (Lipinski definition) is 4. The van der Waals surface area contributed by atoms with E-state index in [0.29, 0.717) is 11.3 Å². The van der Waals surface area contributed by atoms with Gasteiger partial charge in [-0.2, -0.15) is 0 Å². The average molecular weight is 347 g/mol. The van der Waals surface area contributed by atoms with Gasteiger partial charge in [0.15, 0.2) is 0 Å². The summed E-state index contributed by atoms with van der Waals surface area (Å²) in [6.45, 7) is 6.00. The molecule has 0 saturated heterocycles. The molecule has 0 amide bonds. The van der Waals surface area contributed by atoms with Crippen molar-refractivity contribution in [2.45, 2.75) is 20.8 Å². The minimum atomic E-state index is -0.477. The van der Waals surface area contributed by atoms with Crippen LogP contribution in [0.3, 0.4) is 0 Å². The number of esters is 1. The number of nitrogens with zero attached hydrogens (tertiary/aromatic N) is 1. The van der Waals surface area contributed by atoms with Crippen LogP contribution in [0.5, 0.6) is 11.6 Å². The second-order valence-corrected chi connectivity index (χ2v) is 6.24. The number of pyridine rings is 1. The highest BCUT2D eigenvalue weighted by atomic mass is 16.5. The van der Waals surface area contributed by atoms with Gasteiger partial charge < -0.3 is 9.47 Å². The lowest BCUT2D eigenvalue weighted by molar-refractivity contribution is 0.0597. The summed E-state index contributed by atoms with van der Waals surface area (Å²) in [5, 5.41) is 0. The smallest absolute Gasteiger partial charge is 0.343 e. The molecule has 0 aliphatic rings. The quantitative estimate of drug-likeness (QED) is 0.605. The van der Waals surface area contributed by atoms with Crippen molar-refractivity contribution in [3.63, 3.8) is 0 Å². The number of ether oxygens (including phenoxy) is 2. The number of methoxy groups -OCH3 is 1. The number of aryl methyl sites for hydroxylation is 3. The van der Waals surface area contributed by atoms with Crippen LogP contribution in [-0.4, -0.2) is 18.1 Å². The first-order valence-corrected chi connectivity index (χ1v) is 8.40. The second kappa shape index (κ2) is 7.40. The van der Waals surface area contributed by atoms with E-state index in [-0.39, 0.29) is 5.88 Å². The number of carbonyl (C=O) groups excluding carboxylic acids is 1. The van der Waals surface area contributed by atoms with Crippen LogP contribution < -0.4 is 4.74 Å². The Labute approximate surface area is 153 Å². The summed E-state index contributed by atoms with van der Waals surface area (Å²) in [7, 11) is 1.35. The molecular weight excluding hydrogens is 326 g/mol. The van der Waals surface area contributed by atoms with Crippen LogP contribution >= 0.6 is 0 Å². The van der Waals surface area contributed by atoms with Gasteiger partial charge in [0.25, 0.3) is 0 Å². The topological polar surface area (TPSA) is 48.4 Å². The number of hydrogen-bond donors (Lipinski definition) is 0. The van der Waals surface area contributed by atoms with Crippen LogP contribution in [0.25, 0.3) is 11.3 Å². The lowest BCUT2D eigenvalue weighted by Gasteiger charge is -2.15. The molecule has 0 spiro atoms. The minimum Gasteiger partial charge on any atom is -0.465 e. The van der Waals surface area contributed by atoms with E-state index < -0.39 is 5.97 Å². The summed E-state index contributed by atoms with van der Waals surface area (Å²) in [4.78, 5) is 16.7. The highest BCUT2D eigenvalue weighted by Crippen LogP contribution is 2.32. The van der Waals surface area contributed by atoms with Crippen LogP contribution in [0.2, 0.25) is 0 Å². The Morgan fingerprint density at radius 2 is 1.58 bits per heavy atom. The molecule has 0 aliphatic heterocycles. The third-order valence-electron chi connectivity index (χ3n) is 4.14. The lowest BCUT2D eigenvalue weighted by atomic mass is 10.1. The van der Waals surface area contributed by atoms with Crippen molar-refractivity contribution in [2.75, 3.05) is 7.11 Å². The van der Waals surface area contributed by atoms with Crippen molar-refractivity contribution < 1.29 is 14.3 Å². The van der Waals surface area contributed by atoms with Gasteiger partial charge in [0.2, 0.25) is 5.88 Å². The molecule has 0 fully saturated rings. The molecule has 3 rings (SSSR count).